The van der Waals surface area contributed by atoms with Gasteiger partial charge in [-0.2, -0.15) is 15.4 Å². The summed E-state index contributed by atoms with van der Waals surface area (Å²) in [5, 5.41) is 21.7. The Morgan fingerprint density at radius 2 is 2.30 bits per heavy atom. The fraction of sp³-hybridized carbons (Fsp3) is 0.857. The number of nitrogens with zero attached hydrogens (tertiary/aromatic N) is 3. The summed E-state index contributed by atoms with van der Waals surface area (Å²) in [6.07, 6.45) is 4.59. The molecule has 3 rings (SSSR count). The van der Waals surface area contributed by atoms with Crippen LogP contribution in [-0.4, -0.2) is 57.3 Å². The summed E-state index contributed by atoms with van der Waals surface area (Å²) in [7, 11) is 0. The molecule has 0 amide bonds. The number of rotatable bonds is 3. The summed E-state index contributed by atoms with van der Waals surface area (Å²) >= 11 is 0. The van der Waals surface area contributed by atoms with Crippen LogP contribution >= 0.6 is 0 Å². The van der Waals surface area contributed by atoms with E-state index in [-0.39, 0.29) is 5.92 Å². The summed E-state index contributed by atoms with van der Waals surface area (Å²) in [5.74, 6) is 0.673. The normalized spacial score (nSPS) is 33.4. The van der Waals surface area contributed by atoms with Crippen LogP contribution in [0, 0.1) is 11.8 Å². The Labute approximate surface area is 119 Å². The van der Waals surface area contributed by atoms with Gasteiger partial charge in [-0.15, -0.1) is 0 Å². The molecule has 1 aromatic rings. The summed E-state index contributed by atoms with van der Waals surface area (Å²) < 4.78 is 5.42. The maximum absolute atomic E-state index is 11.1. The molecule has 2 aliphatic heterocycles. The predicted molar refractivity (Wildman–Crippen MR) is 73.9 cm³/mol. The Morgan fingerprint density at radius 1 is 1.50 bits per heavy atom. The second-order valence-electron chi connectivity index (χ2n) is 6.23. The van der Waals surface area contributed by atoms with Crippen molar-refractivity contribution in [2.45, 2.75) is 38.3 Å². The first-order chi connectivity index (χ1) is 9.68. The van der Waals surface area contributed by atoms with Gasteiger partial charge in [-0.3, -0.25) is 4.90 Å². The molecular formula is C14H24N4O2. The van der Waals surface area contributed by atoms with Crippen LogP contribution < -0.4 is 0 Å². The van der Waals surface area contributed by atoms with Gasteiger partial charge < -0.3 is 9.84 Å². The average Bonchev–Trinajstić information content (AvgIpc) is 2.97. The second-order valence-corrected chi connectivity index (χ2v) is 6.23. The number of likely N-dealkylation sites (tertiary alicyclic amines) is 1. The van der Waals surface area contributed by atoms with Gasteiger partial charge in [0.25, 0.3) is 0 Å². The average molecular weight is 280 g/mol. The first-order valence-corrected chi connectivity index (χ1v) is 7.55. The molecule has 2 saturated heterocycles. The lowest BCUT2D eigenvalue weighted by atomic mass is 9.70. The molecule has 0 radical (unpaired) electrons. The van der Waals surface area contributed by atoms with E-state index in [0.29, 0.717) is 5.92 Å². The van der Waals surface area contributed by atoms with Crippen LogP contribution in [-0.2, 0) is 11.3 Å². The van der Waals surface area contributed by atoms with Crippen molar-refractivity contribution in [3.8, 4) is 0 Å². The van der Waals surface area contributed by atoms with Crippen molar-refractivity contribution in [3.63, 3.8) is 0 Å². The van der Waals surface area contributed by atoms with Gasteiger partial charge in [-0.05, 0) is 31.1 Å². The number of nitrogens with one attached hydrogen (secondary N) is 1. The van der Waals surface area contributed by atoms with Crippen LogP contribution in [0.15, 0.2) is 6.20 Å². The zero-order chi connectivity index (χ0) is 14.0. The zero-order valence-electron chi connectivity index (χ0n) is 12.1. The number of aliphatic hydroxyl groups is 1. The van der Waals surface area contributed by atoms with Crippen molar-refractivity contribution in [2.75, 3.05) is 26.3 Å². The standard InChI is InChI=1S/C14H24N4O2/c1-11-9-18(10-13-8-15-17-16-13)5-4-14(11,19)12-2-6-20-7-3-12/h8,11-12,19H,2-7,9-10H2,1H3,(H,15,16,17). The molecule has 112 valence electrons. The number of H-pyrrole nitrogens is 1. The SMILES string of the molecule is CC1CN(Cc2cn[nH]n2)CCC1(O)C1CCOCC1. The molecule has 0 bridgehead atoms. The highest BCUT2D eigenvalue weighted by molar-refractivity contribution is 4.99. The van der Waals surface area contributed by atoms with E-state index >= 15 is 0 Å². The maximum Gasteiger partial charge on any atom is 0.0964 e. The van der Waals surface area contributed by atoms with E-state index in [9.17, 15) is 5.11 Å². The molecule has 0 aromatic carbocycles. The minimum atomic E-state index is -0.524. The largest absolute Gasteiger partial charge is 0.389 e. The Morgan fingerprint density at radius 3 is 2.95 bits per heavy atom. The molecule has 2 fully saturated rings. The first kappa shape index (κ1) is 14.0. The van der Waals surface area contributed by atoms with Gasteiger partial charge in [0.15, 0.2) is 0 Å². The highest BCUT2D eigenvalue weighted by Gasteiger charge is 2.45. The van der Waals surface area contributed by atoms with Crippen LogP contribution in [0.5, 0.6) is 0 Å². The highest BCUT2D eigenvalue weighted by atomic mass is 16.5. The minimum absolute atomic E-state index is 0.284. The third-order valence-corrected chi connectivity index (χ3v) is 4.99. The molecular weight excluding hydrogens is 256 g/mol. The van der Waals surface area contributed by atoms with Crippen molar-refractivity contribution in [1.82, 2.24) is 20.3 Å². The van der Waals surface area contributed by atoms with Crippen LogP contribution in [0.3, 0.4) is 0 Å². The Kier molecular flexibility index (Phi) is 4.05. The molecule has 6 nitrogen and oxygen atoms in total. The monoisotopic (exact) mass is 280 g/mol. The van der Waals surface area contributed by atoms with Gasteiger partial charge in [0, 0.05) is 32.8 Å². The molecule has 2 N–H and O–H groups in total. The topological polar surface area (TPSA) is 74.3 Å². The number of piperidine rings is 1. The molecule has 1 aromatic heterocycles. The summed E-state index contributed by atoms with van der Waals surface area (Å²) in [6.45, 7) is 6.41. The van der Waals surface area contributed by atoms with E-state index in [1.807, 2.05) is 0 Å². The van der Waals surface area contributed by atoms with E-state index in [4.69, 9.17) is 4.74 Å². The quantitative estimate of drug-likeness (QED) is 0.857. The van der Waals surface area contributed by atoms with E-state index in [1.165, 1.54) is 0 Å². The Hall–Kier alpha value is -0.980. The van der Waals surface area contributed by atoms with Gasteiger partial charge in [-0.25, -0.2) is 0 Å². The molecule has 2 atom stereocenters. The highest BCUT2D eigenvalue weighted by Crippen LogP contribution is 2.39. The van der Waals surface area contributed by atoms with Crippen molar-refractivity contribution >= 4 is 0 Å². The van der Waals surface area contributed by atoms with Crippen molar-refractivity contribution in [3.05, 3.63) is 11.9 Å². The van der Waals surface area contributed by atoms with Crippen molar-refractivity contribution in [2.24, 2.45) is 11.8 Å². The van der Waals surface area contributed by atoms with Gasteiger partial charge in [0.1, 0.15) is 0 Å². The van der Waals surface area contributed by atoms with Gasteiger partial charge in [0.05, 0.1) is 17.5 Å². The van der Waals surface area contributed by atoms with E-state index in [0.717, 1.165) is 57.8 Å². The van der Waals surface area contributed by atoms with Crippen LogP contribution in [0.4, 0.5) is 0 Å². The second kappa shape index (κ2) is 5.79. The van der Waals surface area contributed by atoms with Gasteiger partial charge in [0.2, 0.25) is 0 Å². The fourth-order valence-corrected chi connectivity index (χ4v) is 3.70. The molecule has 0 saturated carbocycles. The van der Waals surface area contributed by atoms with Gasteiger partial charge >= 0.3 is 0 Å². The number of aromatic nitrogens is 3. The van der Waals surface area contributed by atoms with Crippen LogP contribution in [0.25, 0.3) is 0 Å². The minimum Gasteiger partial charge on any atom is -0.389 e. The van der Waals surface area contributed by atoms with E-state index in [1.54, 1.807) is 6.20 Å². The lowest BCUT2D eigenvalue weighted by Crippen LogP contribution is -2.55. The molecule has 2 unspecified atom stereocenters. The lowest BCUT2D eigenvalue weighted by Gasteiger charge is -2.48. The molecule has 20 heavy (non-hydrogen) atoms. The third-order valence-electron chi connectivity index (χ3n) is 4.99. The number of hydrogen-bond acceptors (Lipinski definition) is 5. The number of ether oxygens (including phenoxy) is 1. The molecule has 3 heterocycles. The predicted octanol–water partition coefficient (Wildman–Crippen LogP) is 0.804. The molecule has 0 spiro atoms. The zero-order valence-corrected chi connectivity index (χ0v) is 12.1. The van der Waals surface area contributed by atoms with Crippen molar-refractivity contribution in [1.29, 1.82) is 0 Å². The molecule has 2 aliphatic rings. The Balaban J connectivity index is 1.60. The molecule has 0 aliphatic carbocycles. The van der Waals surface area contributed by atoms with Crippen LogP contribution in [0.2, 0.25) is 0 Å². The number of aromatic amines is 1. The summed E-state index contributed by atoms with van der Waals surface area (Å²) in [4.78, 5) is 2.36. The number of hydrogen-bond donors (Lipinski definition) is 2. The Bertz CT molecular complexity index is 419. The fourth-order valence-electron chi connectivity index (χ4n) is 3.70. The van der Waals surface area contributed by atoms with Crippen molar-refractivity contribution < 1.29 is 9.84 Å². The summed E-state index contributed by atoms with van der Waals surface area (Å²) in [6, 6.07) is 0. The third kappa shape index (κ3) is 2.73. The maximum atomic E-state index is 11.1. The summed E-state index contributed by atoms with van der Waals surface area (Å²) in [5.41, 5.74) is 0.443. The van der Waals surface area contributed by atoms with Gasteiger partial charge in [-0.1, -0.05) is 6.92 Å². The lowest BCUT2D eigenvalue weighted by molar-refractivity contribution is -0.131. The first-order valence-electron chi connectivity index (χ1n) is 7.55. The molecule has 6 heteroatoms. The van der Waals surface area contributed by atoms with Crippen LogP contribution in [0.1, 0.15) is 31.9 Å². The van der Waals surface area contributed by atoms with E-state index in [2.05, 4.69) is 27.2 Å². The van der Waals surface area contributed by atoms with E-state index < -0.39 is 5.60 Å². The smallest absolute Gasteiger partial charge is 0.0964 e.